The van der Waals surface area contributed by atoms with Gasteiger partial charge in [0.1, 0.15) is 5.82 Å². The third-order valence-electron chi connectivity index (χ3n) is 1.71. The summed E-state index contributed by atoms with van der Waals surface area (Å²) in [4.78, 5) is 10.9. The highest BCUT2D eigenvalue weighted by Crippen LogP contribution is 2.18. The Morgan fingerprint density at radius 2 is 2.13 bits per heavy atom. The third kappa shape index (κ3) is 3.40. The van der Waals surface area contributed by atoms with Gasteiger partial charge in [-0.05, 0) is 23.8 Å². The molecule has 0 saturated carbocycles. The molecule has 1 amide bonds. The Morgan fingerprint density at radius 1 is 1.47 bits per heavy atom. The number of halogens is 1. The molecule has 15 heavy (non-hydrogen) atoms. The van der Waals surface area contributed by atoms with Crippen LogP contribution >= 0.6 is 11.8 Å². The highest BCUT2D eigenvalue weighted by Gasteiger charge is 2.07. The Hall–Kier alpha value is -1.29. The van der Waals surface area contributed by atoms with Crippen LogP contribution in [0, 0.1) is 5.82 Å². The summed E-state index contributed by atoms with van der Waals surface area (Å²) in [6.45, 7) is 1.40. The number of thioether (sulfide) groups is 1. The Labute approximate surface area is 92.6 Å². The lowest BCUT2D eigenvalue weighted by Crippen LogP contribution is -2.18. The van der Waals surface area contributed by atoms with E-state index in [0.29, 0.717) is 11.3 Å². The van der Waals surface area contributed by atoms with Crippen molar-refractivity contribution in [3.05, 3.63) is 41.1 Å². The minimum Gasteiger partial charge on any atom is -0.325 e. The Morgan fingerprint density at radius 3 is 2.67 bits per heavy atom. The van der Waals surface area contributed by atoms with Crippen LogP contribution in [-0.4, -0.2) is 12.2 Å². The van der Waals surface area contributed by atoms with E-state index in [4.69, 9.17) is 0 Å². The molecule has 0 saturated heterocycles. The molecule has 0 aliphatic rings. The van der Waals surface area contributed by atoms with Gasteiger partial charge in [0, 0.05) is 12.5 Å². The average molecular weight is 225 g/mol. The lowest BCUT2D eigenvalue weighted by atomic mass is 10.1. The topological polar surface area (TPSA) is 29.1 Å². The van der Waals surface area contributed by atoms with Gasteiger partial charge in [0.25, 0.3) is 0 Å². The van der Waals surface area contributed by atoms with E-state index in [9.17, 15) is 9.18 Å². The minimum atomic E-state index is -0.341. The minimum absolute atomic E-state index is 0.210. The number of hydrogen-bond donors (Lipinski definition) is 1. The summed E-state index contributed by atoms with van der Waals surface area (Å²) in [6.07, 6.45) is 1.85. The van der Waals surface area contributed by atoms with Crippen molar-refractivity contribution < 1.29 is 9.18 Å². The molecule has 0 fully saturated rings. The van der Waals surface area contributed by atoms with Crippen LogP contribution in [0.2, 0.25) is 0 Å². The third-order valence-corrected chi connectivity index (χ3v) is 2.18. The second kappa shape index (κ2) is 5.56. The molecule has 0 bridgehead atoms. The number of rotatable bonds is 3. The zero-order chi connectivity index (χ0) is 11.3. The van der Waals surface area contributed by atoms with Crippen molar-refractivity contribution in [1.29, 1.82) is 0 Å². The summed E-state index contributed by atoms with van der Waals surface area (Å²) < 4.78 is 13.4. The molecule has 0 aliphatic heterocycles. The van der Waals surface area contributed by atoms with Crippen LogP contribution in [0.5, 0.6) is 0 Å². The molecule has 1 rings (SSSR count). The lowest BCUT2D eigenvalue weighted by molar-refractivity contribution is -0.117. The van der Waals surface area contributed by atoms with Crippen LogP contribution in [0.1, 0.15) is 12.5 Å². The molecule has 0 radical (unpaired) electrons. The van der Waals surface area contributed by atoms with E-state index in [0.717, 1.165) is 0 Å². The molecule has 0 heterocycles. The van der Waals surface area contributed by atoms with Gasteiger partial charge in [-0.1, -0.05) is 12.1 Å². The first-order chi connectivity index (χ1) is 7.15. The van der Waals surface area contributed by atoms with Gasteiger partial charge >= 0.3 is 0 Å². The quantitative estimate of drug-likeness (QED) is 0.856. The number of carbonyl (C=O) groups excluding carboxylic acids is 1. The van der Waals surface area contributed by atoms with Gasteiger partial charge in [-0.15, -0.1) is 11.8 Å². The van der Waals surface area contributed by atoms with Crippen molar-refractivity contribution >= 4 is 23.4 Å². The number of hydrogen-bond acceptors (Lipinski definition) is 2. The highest BCUT2D eigenvalue weighted by molar-refractivity contribution is 8.01. The predicted octanol–water partition coefficient (Wildman–Crippen LogP) is 2.62. The fourth-order valence-corrected chi connectivity index (χ4v) is 1.57. The number of carbonyl (C=O) groups is 1. The highest BCUT2D eigenvalue weighted by atomic mass is 32.2. The van der Waals surface area contributed by atoms with Crippen molar-refractivity contribution in [2.24, 2.45) is 0 Å². The van der Waals surface area contributed by atoms with E-state index >= 15 is 0 Å². The maximum absolute atomic E-state index is 13.4. The Bertz CT molecular complexity index is 390. The molecular weight excluding hydrogens is 213 g/mol. The number of benzene rings is 1. The molecule has 1 aromatic carbocycles. The predicted molar refractivity (Wildman–Crippen MR) is 61.7 cm³/mol. The van der Waals surface area contributed by atoms with E-state index in [-0.39, 0.29) is 11.7 Å². The molecule has 1 N–H and O–H groups in total. The second-order valence-corrected chi connectivity index (χ2v) is 3.64. The monoisotopic (exact) mass is 225 g/mol. The molecule has 4 heteroatoms. The van der Waals surface area contributed by atoms with Crippen LogP contribution in [0.25, 0.3) is 5.70 Å². The molecule has 0 unspecified atom stereocenters. The van der Waals surface area contributed by atoms with Crippen LogP contribution in [-0.2, 0) is 4.79 Å². The van der Waals surface area contributed by atoms with Gasteiger partial charge in [0.15, 0.2) is 0 Å². The molecule has 0 aromatic heterocycles. The standard InChI is InChI=1S/C11H12FNOS/c1-8(14)13-11(7-15-2)9-5-3-4-6-10(9)12/h3-7H,1-2H3,(H,13,14)/b11-7-. The zero-order valence-corrected chi connectivity index (χ0v) is 9.40. The van der Waals surface area contributed by atoms with E-state index in [1.807, 2.05) is 6.26 Å². The molecule has 0 atom stereocenters. The van der Waals surface area contributed by atoms with Crippen LogP contribution in [0.4, 0.5) is 4.39 Å². The summed E-state index contributed by atoms with van der Waals surface area (Å²) in [5.41, 5.74) is 0.898. The average Bonchev–Trinajstić information content (AvgIpc) is 2.17. The van der Waals surface area contributed by atoms with Gasteiger partial charge < -0.3 is 5.32 Å². The van der Waals surface area contributed by atoms with E-state index in [1.54, 1.807) is 23.6 Å². The van der Waals surface area contributed by atoms with Crippen LogP contribution in [0.15, 0.2) is 29.7 Å². The molecular formula is C11H12FNOS. The smallest absolute Gasteiger partial charge is 0.221 e. The maximum atomic E-state index is 13.4. The molecule has 0 spiro atoms. The summed E-state index contributed by atoms with van der Waals surface area (Å²) in [7, 11) is 0. The van der Waals surface area contributed by atoms with Gasteiger partial charge in [-0.25, -0.2) is 4.39 Å². The van der Waals surface area contributed by atoms with Gasteiger partial charge in [-0.3, -0.25) is 4.79 Å². The normalized spacial score (nSPS) is 11.3. The van der Waals surface area contributed by atoms with Gasteiger partial charge in [0.05, 0.1) is 5.70 Å². The summed E-state index contributed by atoms with van der Waals surface area (Å²) >= 11 is 1.41. The summed E-state index contributed by atoms with van der Waals surface area (Å²) in [5, 5.41) is 4.31. The lowest BCUT2D eigenvalue weighted by Gasteiger charge is -2.08. The zero-order valence-electron chi connectivity index (χ0n) is 8.58. The SMILES string of the molecule is CS/C=C(\NC(C)=O)c1ccccc1F. The van der Waals surface area contributed by atoms with Crippen molar-refractivity contribution in [2.45, 2.75) is 6.92 Å². The second-order valence-electron chi connectivity index (χ2n) is 2.93. The fraction of sp³-hybridized carbons (Fsp3) is 0.182. The van der Waals surface area contributed by atoms with Crippen molar-refractivity contribution in [3.63, 3.8) is 0 Å². The molecule has 0 aliphatic carbocycles. The van der Waals surface area contributed by atoms with Crippen molar-refractivity contribution in [2.75, 3.05) is 6.26 Å². The fourth-order valence-electron chi connectivity index (χ4n) is 1.15. The van der Waals surface area contributed by atoms with Crippen molar-refractivity contribution in [3.8, 4) is 0 Å². The summed E-state index contributed by atoms with van der Waals surface area (Å²) in [6, 6.07) is 6.34. The maximum Gasteiger partial charge on any atom is 0.221 e. The molecule has 1 aromatic rings. The van der Waals surface area contributed by atoms with Gasteiger partial charge in [-0.2, -0.15) is 0 Å². The molecule has 2 nitrogen and oxygen atoms in total. The first-order valence-electron chi connectivity index (χ1n) is 4.40. The van der Waals surface area contributed by atoms with E-state index in [1.165, 1.54) is 24.8 Å². The Balaban J connectivity index is 3.05. The van der Waals surface area contributed by atoms with E-state index in [2.05, 4.69) is 5.32 Å². The van der Waals surface area contributed by atoms with Crippen LogP contribution < -0.4 is 5.32 Å². The molecule has 80 valence electrons. The number of nitrogens with one attached hydrogen (secondary N) is 1. The first kappa shape index (κ1) is 11.8. The van der Waals surface area contributed by atoms with Crippen molar-refractivity contribution in [1.82, 2.24) is 5.32 Å². The van der Waals surface area contributed by atoms with E-state index < -0.39 is 0 Å². The summed E-state index contributed by atoms with van der Waals surface area (Å²) in [5.74, 6) is -0.551. The Kier molecular flexibility index (Phi) is 4.37. The van der Waals surface area contributed by atoms with Crippen LogP contribution in [0.3, 0.4) is 0 Å². The largest absolute Gasteiger partial charge is 0.325 e. The first-order valence-corrected chi connectivity index (χ1v) is 5.69. The number of amides is 1. The van der Waals surface area contributed by atoms with Gasteiger partial charge in [0.2, 0.25) is 5.91 Å².